The van der Waals surface area contributed by atoms with Gasteiger partial charge in [-0.25, -0.2) is 4.98 Å². The number of carbonyl (C=O) groups is 2. The second-order valence-electron chi connectivity index (χ2n) is 6.54. The topological polar surface area (TPSA) is 79.1 Å². The van der Waals surface area contributed by atoms with Gasteiger partial charge in [-0.05, 0) is 6.42 Å². The van der Waals surface area contributed by atoms with E-state index in [0.717, 1.165) is 24.4 Å². The van der Waals surface area contributed by atoms with Crippen LogP contribution in [-0.4, -0.2) is 85.0 Å². The lowest BCUT2D eigenvalue weighted by atomic mass is 10.1. The molecule has 2 aliphatic heterocycles. The van der Waals surface area contributed by atoms with Crippen molar-refractivity contribution < 1.29 is 18.7 Å². The zero-order valence-electron chi connectivity index (χ0n) is 14.4. The molecule has 132 valence electrons. The van der Waals surface area contributed by atoms with Crippen molar-refractivity contribution in [2.45, 2.75) is 25.5 Å². The third-order valence-corrected chi connectivity index (χ3v) is 4.61. The number of oxazole rings is 1. The molecular weight excluding hydrogens is 312 g/mol. The van der Waals surface area contributed by atoms with Crippen LogP contribution in [0.4, 0.5) is 0 Å². The Bertz CT molecular complexity index is 628. The standard InChI is InChI=1S/C16H24N4O4/c1-18(2)14(21)10-19-6-5-13-12(9-19)17-15(24-13)16(22)20-7-4-11(8-20)23-3/h11H,4-10H2,1-3H3. The number of carbonyl (C=O) groups excluding carboxylic acids is 2. The highest BCUT2D eigenvalue weighted by molar-refractivity contribution is 5.90. The minimum Gasteiger partial charge on any atom is -0.437 e. The highest BCUT2D eigenvalue weighted by Crippen LogP contribution is 2.22. The summed E-state index contributed by atoms with van der Waals surface area (Å²) in [6.07, 6.45) is 1.59. The van der Waals surface area contributed by atoms with E-state index in [1.807, 2.05) is 4.90 Å². The van der Waals surface area contributed by atoms with Gasteiger partial charge in [0.2, 0.25) is 5.91 Å². The van der Waals surface area contributed by atoms with E-state index in [-0.39, 0.29) is 23.8 Å². The summed E-state index contributed by atoms with van der Waals surface area (Å²) >= 11 is 0. The molecule has 1 aromatic rings. The van der Waals surface area contributed by atoms with Crippen molar-refractivity contribution in [1.29, 1.82) is 0 Å². The van der Waals surface area contributed by atoms with E-state index < -0.39 is 0 Å². The van der Waals surface area contributed by atoms with E-state index >= 15 is 0 Å². The Hall–Kier alpha value is -1.93. The summed E-state index contributed by atoms with van der Waals surface area (Å²) in [4.78, 5) is 34.1. The first kappa shape index (κ1) is 16.9. The summed E-state index contributed by atoms with van der Waals surface area (Å²) in [6.45, 7) is 2.85. The van der Waals surface area contributed by atoms with Crippen molar-refractivity contribution in [2.75, 3.05) is 47.4 Å². The minimum atomic E-state index is -0.181. The fraction of sp³-hybridized carbons (Fsp3) is 0.688. The molecule has 0 radical (unpaired) electrons. The van der Waals surface area contributed by atoms with E-state index in [0.29, 0.717) is 32.6 Å². The molecule has 1 fully saturated rings. The summed E-state index contributed by atoms with van der Waals surface area (Å²) in [7, 11) is 5.15. The van der Waals surface area contributed by atoms with E-state index in [4.69, 9.17) is 9.15 Å². The van der Waals surface area contributed by atoms with Crippen molar-refractivity contribution in [2.24, 2.45) is 0 Å². The van der Waals surface area contributed by atoms with Crippen LogP contribution in [0.3, 0.4) is 0 Å². The Morgan fingerprint density at radius 1 is 1.38 bits per heavy atom. The highest BCUT2D eigenvalue weighted by atomic mass is 16.5. The van der Waals surface area contributed by atoms with E-state index in [2.05, 4.69) is 4.98 Å². The van der Waals surface area contributed by atoms with Crippen LogP contribution in [0.25, 0.3) is 0 Å². The number of aromatic nitrogens is 1. The molecule has 24 heavy (non-hydrogen) atoms. The summed E-state index contributed by atoms with van der Waals surface area (Å²) in [5.41, 5.74) is 0.763. The third kappa shape index (κ3) is 3.44. The molecule has 8 nitrogen and oxygen atoms in total. The van der Waals surface area contributed by atoms with Crippen LogP contribution >= 0.6 is 0 Å². The molecule has 8 heteroatoms. The number of nitrogens with zero attached hydrogens (tertiary/aromatic N) is 4. The Labute approximate surface area is 141 Å². The van der Waals surface area contributed by atoms with Crippen molar-refractivity contribution in [1.82, 2.24) is 19.7 Å². The molecule has 0 saturated carbocycles. The number of methoxy groups -OCH3 is 1. The van der Waals surface area contributed by atoms with Crippen molar-refractivity contribution in [3.63, 3.8) is 0 Å². The van der Waals surface area contributed by atoms with Gasteiger partial charge in [-0.2, -0.15) is 0 Å². The average molecular weight is 336 g/mol. The van der Waals surface area contributed by atoms with E-state index in [1.54, 1.807) is 31.0 Å². The van der Waals surface area contributed by atoms with Gasteiger partial charge < -0.3 is 19.0 Å². The summed E-state index contributed by atoms with van der Waals surface area (Å²) in [5.74, 6) is 0.785. The molecule has 2 amide bonds. The van der Waals surface area contributed by atoms with Gasteiger partial charge in [0, 0.05) is 53.8 Å². The maximum Gasteiger partial charge on any atom is 0.309 e. The molecule has 1 atom stereocenters. The van der Waals surface area contributed by atoms with Gasteiger partial charge in [0.15, 0.2) is 0 Å². The third-order valence-electron chi connectivity index (χ3n) is 4.61. The number of fused-ring (bicyclic) bond motifs is 1. The smallest absolute Gasteiger partial charge is 0.309 e. The van der Waals surface area contributed by atoms with Crippen molar-refractivity contribution >= 4 is 11.8 Å². The number of hydrogen-bond donors (Lipinski definition) is 0. The largest absolute Gasteiger partial charge is 0.437 e. The van der Waals surface area contributed by atoms with Crippen LogP contribution in [-0.2, 0) is 22.5 Å². The van der Waals surface area contributed by atoms with Gasteiger partial charge in [-0.15, -0.1) is 0 Å². The lowest BCUT2D eigenvalue weighted by molar-refractivity contribution is -0.130. The fourth-order valence-electron chi connectivity index (χ4n) is 3.05. The lowest BCUT2D eigenvalue weighted by Crippen LogP contribution is -2.39. The van der Waals surface area contributed by atoms with Crippen LogP contribution in [0.15, 0.2) is 4.42 Å². The van der Waals surface area contributed by atoms with Gasteiger partial charge >= 0.3 is 5.91 Å². The van der Waals surface area contributed by atoms with Crippen LogP contribution in [0.1, 0.15) is 28.6 Å². The maximum absolute atomic E-state index is 12.5. The van der Waals surface area contributed by atoms with Crippen LogP contribution in [0.2, 0.25) is 0 Å². The molecule has 0 spiro atoms. The SMILES string of the molecule is COC1CCN(C(=O)c2nc3c(o2)CCN(CC(=O)N(C)C)C3)C1. The molecule has 1 aromatic heterocycles. The molecule has 3 heterocycles. The Morgan fingerprint density at radius 2 is 2.17 bits per heavy atom. The van der Waals surface area contributed by atoms with Gasteiger partial charge in [-0.1, -0.05) is 0 Å². The average Bonchev–Trinajstić information content (AvgIpc) is 3.20. The number of likely N-dealkylation sites (tertiary alicyclic amines) is 1. The van der Waals surface area contributed by atoms with Gasteiger partial charge in [0.25, 0.3) is 5.89 Å². The molecular formula is C16H24N4O4. The predicted molar refractivity (Wildman–Crippen MR) is 85.5 cm³/mol. The number of ether oxygens (including phenoxy) is 1. The zero-order valence-corrected chi connectivity index (χ0v) is 14.4. The normalized spacial score (nSPS) is 21.0. The lowest BCUT2D eigenvalue weighted by Gasteiger charge is -2.25. The fourth-order valence-corrected chi connectivity index (χ4v) is 3.05. The second kappa shape index (κ2) is 6.90. The highest BCUT2D eigenvalue weighted by Gasteiger charge is 2.32. The molecule has 1 unspecified atom stereocenters. The molecule has 0 aliphatic carbocycles. The van der Waals surface area contributed by atoms with Crippen LogP contribution in [0, 0.1) is 0 Å². The molecule has 0 N–H and O–H groups in total. The quantitative estimate of drug-likeness (QED) is 0.769. The van der Waals surface area contributed by atoms with Gasteiger partial charge in [0.05, 0.1) is 18.3 Å². The van der Waals surface area contributed by atoms with E-state index in [9.17, 15) is 9.59 Å². The molecule has 1 saturated heterocycles. The first-order chi connectivity index (χ1) is 11.5. The number of hydrogen-bond acceptors (Lipinski definition) is 6. The van der Waals surface area contributed by atoms with Crippen LogP contribution < -0.4 is 0 Å². The molecule has 2 aliphatic rings. The van der Waals surface area contributed by atoms with Crippen molar-refractivity contribution in [3.05, 3.63) is 17.3 Å². The first-order valence-electron chi connectivity index (χ1n) is 8.21. The number of amides is 2. The summed E-state index contributed by atoms with van der Waals surface area (Å²) < 4.78 is 11.0. The van der Waals surface area contributed by atoms with Crippen molar-refractivity contribution in [3.8, 4) is 0 Å². The number of likely N-dealkylation sites (N-methyl/N-ethyl adjacent to an activating group) is 1. The zero-order chi connectivity index (χ0) is 17.3. The minimum absolute atomic E-state index is 0.0564. The van der Waals surface area contributed by atoms with E-state index in [1.165, 1.54) is 0 Å². The Kier molecular flexibility index (Phi) is 4.86. The monoisotopic (exact) mass is 336 g/mol. The Balaban J connectivity index is 1.65. The number of rotatable bonds is 4. The van der Waals surface area contributed by atoms with Gasteiger partial charge in [-0.3, -0.25) is 14.5 Å². The van der Waals surface area contributed by atoms with Crippen LogP contribution in [0.5, 0.6) is 0 Å². The Morgan fingerprint density at radius 3 is 2.83 bits per heavy atom. The first-order valence-corrected chi connectivity index (χ1v) is 8.21. The maximum atomic E-state index is 12.5. The summed E-state index contributed by atoms with van der Waals surface area (Å²) in [5, 5.41) is 0. The van der Waals surface area contributed by atoms with Gasteiger partial charge in [0.1, 0.15) is 5.76 Å². The molecule has 3 rings (SSSR count). The molecule has 0 bridgehead atoms. The summed E-state index contributed by atoms with van der Waals surface area (Å²) in [6, 6.07) is 0. The predicted octanol–water partition coefficient (Wildman–Crippen LogP) is -0.0182. The molecule has 0 aromatic carbocycles. The second-order valence-corrected chi connectivity index (χ2v) is 6.54.